The molecule has 2 N–H and O–H groups in total. The van der Waals surface area contributed by atoms with Crippen LogP contribution in [0.15, 0.2) is 24.3 Å². The Morgan fingerprint density at radius 3 is 2.46 bits per heavy atom. The van der Waals surface area contributed by atoms with Crippen LogP contribution in [0.3, 0.4) is 0 Å². The van der Waals surface area contributed by atoms with Crippen LogP contribution in [-0.4, -0.2) is 43.0 Å². The van der Waals surface area contributed by atoms with Gasteiger partial charge in [0.05, 0.1) is 18.7 Å². The summed E-state index contributed by atoms with van der Waals surface area (Å²) < 4.78 is 5.51. The van der Waals surface area contributed by atoms with Crippen LogP contribution in [0.2, 0.25) is 0 Å². The number of fused-ring (bicyclic) bond motifs is 1. The molecule has 2 amide bonds. The molecule has 2 aromatic rings. The molecule has 7 heteroatoms. The SMILES string of the molecule is CCOc1ccc(NC(=O)c2c(NC(=O)CN3CCCCC3)sc3c2CC[C@H](C(C)(C)C)C3)cc1. The largest absolute Gasteiger partial charge is 0.494 e. The first kappa shape index (κ1) is 25.7. The van der Waals surface area contributed by atoms with Crippen LogP contribution >= 0.6 is 11.3 Å². The molecule has 1 aromatic carbocycles. The summed E-state index contributed by atoms with van der Waals surface area (Å²) in [6.45, 7) is 11.7. The highest BCUT2D eigenvalue weighted by Crippen LogP contribution is 2.44. The molecular weight excluding hydrogens is 458 g/mol. The first-order valence-electron chi connectivity index (χ1n) is 13.0. The van der Waals surface area contributed by atoms with E-state index in [1.165, 1.54) is 11.3 Å². The summed E-state index contributed by atoms with van der Waals surface area (Å²) in [5, 5.41) is 6.86. The maximum atomic E-state index is 13.5. The fourth-order valence-electron chi connectivity index (χ4n) is 5.13. The molecule has 1 aromatic heterocycles. The van der Waals surface area contributed by atoms with Crippen molar-refractivity contribution < 1.29 is 14.3 Å². The molecule has 1 saturated heterocycles. The molecule has 190 valence electrons. The average Bonchev–Trinajstić information content (AvgIpc) is 3.17. The van der Waals surface area contributed by atoms with Gasteiger partial charge in [0, 0.05) is 10.6 Å². The van der Waals surface area contributed by atoms with Gasteiger partial charge in [-0.05, 0) is 93.3 Å². The van der Waals surface area contributed by atoms with E-state index >= 15 is 0 Å². The summed E-state index contributed by atoms with van der Waals surface area (Å²) in [7, 11) is 0. The van der Waals surface area contributed by atoms with Gasteiger partial charge in [-0.3, -0.25) is 14.5 Å². The molecule has 0 spiro atoms. The molecule has 0 bridgehead atoms. The maximum Gasteiger partial charge on any atom is 0.258 e. The smallest absolute Gasteiger partial charge is 0.258 e. The van der Waals surface area contributed by atoms with Gasteiger partial charge in [-0.25, -0.2) is 0 Å². The van der Waals surface area contributed by atoms with Gasteiger partial charge >= 0.3 is 0 Å². The average molecular weight is 498 g/mol. The number of anilines is 2. The third kappa shape index (κ3) is 6.44. The van der Waals surface area contributed by atoms with E-state index in [9.17, 15) is 9.59 Å². The summed E-state index contributed by atoms with van der Waals surface area (Å²) in [6, 6.07) is 7.42. The molecular formula is C28H39N3O3S. The Hall–Kier alpha value is -2.38. The van der Waals surface area contributed by atoms with Gasteiger partial charge in [0.1, 0.15) is 10.8 Å². The van der Waals surface area contributed by atoms with Crippen molar-refractivity contribution in [2.75, 3.05) is 36.9 Å². The lowest BCUT2D eigenvalue weighted by Gasteiger charge is -2.33. The van der Waals surface area contributed by atoms with E-state index in [4.69, 9.17) is 4.74 Å². The second-order valence-corrected chi connectivity index (χ2v) is 11.9. The van der Waals surface area contributed by atoms with E-state index in [0.29, 0.717) is 35.3 Å². The Morgan fingerprint density at radius 2 is 1.80 bits per heavy atom. The number of amides is 2. The lowest BCUT2D eigenvalue weighted by molar-refractivity contribution is -0.117. The summed E-state index contributed by atoms with van der Waals surface area (Å²) in [5.74, 6) is 1.15. The van der Waals surface area contributed by atoms with Gasteiger partial charge in [0.25, 0.3) is 5.91 Å². The van der Waals surface area contributed by atoms with Crippen LogP contribution in [0.5, 0.6) is 5.75 Å². The van der Waals surface area contributed by atoms with Gasteiger partial charge < -0.3 is 15.4 Å². The number of hydrogen-bond acceptors (Lipinski definition) is 5. The topological polar surface area (TPSA) is 70.7 Å². The quantitative estimate of drug-likeness (QED) is 0.494. The van der Waals surface area contributed by atoms with E-state index in [1.807, 2.05) is 31.2 Å². The summed E-state index contributed by atoms with van der Waals surface area (Å²) in [6.07, 6.45) is 6.39. The molecule has 0 radical (unpaired) electrons. The highest BCUT2D eigenvalue weighted by atomic mass is 32.1. The van der Waals surface area contributed by atoms with Crippen molar-refractivity contribution in [3.05, 3.63) is 40.3 Å². The third-order valence-corrected chi connectivity index (χ3v) is 8.38. The van der Waals surface area contributed by atoms with Gasteiger partial charge in [-0.2, -0.15) is 0 Å². The monoisotopic (exact) mass is 497 g/mol. The number of hydrogen-bond donors (Lipinski definition) is 2. The summed E-state index contributed by atoms with van der Waals surface area (Å²) in [5.41, 5.74) is 2.67. The van der Waals surface area contributed by atoms with E-state index in [-0.39, 0.29) is 17.2 Å². The molecule has 2 aliphatic rings. The number of ether oxygens (including phenoxy) is 1. The Bertz CT molecular complexity index is 1030. The molecule has 6 nitrogen and oxygen atoms in total. The molecule has 35 heavy (non-hydrogen) atoms. The van der Waals surface area contributed by atoms with Crippen molar-refractivity contribution in [1.29, 1.82) is 0 Å². The molecule has 1 aliphatic heterocycles. The number of carbonyl (C=O) groups excluding carboxylic acids is 2. The first-order valence-corrected chi connectivity index (χ1v) is 13.8. The van der Waals surface area contributed by atoms with Crippen molar-refractivity contribution in [2.24, 2.45) is 11.3 Å². The number of thiophene rings is 1. The Kier molecular flexibility index (Phi) is 8.17. The molecule has 1 atom stereocenters. The number of likely N-dealkylation sites (tertiary alicyclic amines) is 1. The minimum atomic E-state index is -0.158. The Labute approximate surface area is 213 Å². The second-order valence-electron chi connectivity index (χ2n) is 10.8. The zero-order valence-corrected chi connectivity index (χ0v) is 22.4. The zero-order chi connectivity index (χ0) is 25.0. The van der Waals surface area contributed by atoms with Crippen molar-refractivity contribution in [3.63, 3.8) is 0 Å². The minimum Gasteiger partial charge on any atom is -0.494 e. The highest BCUT2D eigenvalue weighted by Gasteiger charge is 2.34. The fraction of sp³-hybridized carbons (Fsp3) is 0.571. The Morgan fingerprint density at radius 1 is 1.09 bits per heavy atom. The van der Waals surface area contributed by atoms with Gasteiger partial charge in [-0.15, -0.1) is 11.3 Å². The lowest BCUT2D eigenvalue weighted by atomic mass is 9.72. The van der Waals surface area contributed by atoms with E-state index in [0.717, 1.165) is 56.5 Å². The van der Waals surface area contributed by atoms with Gasteiger partial charge in [0.15, 0.2) is 0 Å². The van der Waals surface area contributed by atoms with E-state index in [1.54, 1.807) is 11.3 Å². The van der Waals surface area contributed by atoms with Crippen LogP contribution in [0.1, 0.15) is 74.2 Å². The highest BCUT2D eigenvalue weighted by molar-refractivity contribution is 7.17. The number of nitrogens with zero attached hydrogens (tertiary/aromatic N) is 1. The number of rotatable bonds is 7. The van der Waals surface area contributed by atoms with Crippen LogP contribution in [0.25, 0.3) is 0 Å². The molecule has 2 heterocycles. The molecule has 1 aliphatic carbocycles. The standard InChI is InChI=1S/C28H39N3O3S/c1-5-34-21-12-10-20(11-13-21)29-26(33)25-22-14-9-19(28(2,3)4)17-23(22)35-27(25)30-24(32)18-31-15-7-6-8-16-31/h10-13,19H,5-9,14-18H2,1-4H3,(H,29,33)(H,30,32)/t19-/m0/s1. The number of benzene rings is 1. The predicted molar refractivity (Wildman–Crippen MR) is 144 cm³/mol. The van der Waals surface area contributed by atoms with E-state index < -0.39 is 0 Å². The number of piperidine rings is 1. The van der Waals surface area contributed by atoms with Crippen LogP contribution in [0, 0.1) is 11.3 Å². The number of nitrogens with one attached hydrogen (secondary N) is 2. The van der Waals surface area contributed by atoms with E-state index in [2.05, 4.69) is 36.3 Å². The molecule has 0 saturated carbocycles. The second kappa shape index (κ2) is 11.1. The maximum absolute atomic E-state index is 13.5. The molecule has 0 unspecified atom stereocenters. The molecule has 4 rings (SSSR count). The first-order chi connectivity index (χ1) is 16.7. The third-order valence-electron chi connectivity index (χ3n) is 7.21. The Balaban J connectivity index is 1.56. The van der Waals surface area contributed by atoms with Gasteiger partial charge in [-0.1, -0.05) is 27.2 Å². The van der Waals surface area contributed by atoms with Crippen LogP contribution in [0.4, 0.5) is 10.7 Å². The van der Waals surface area contributed by atoms with Crippen molar-refractivity contribution in [1.82, 2.24) is 4.90 Å². The molecule has 1 fully saturated rings. The van der Waals surface area contributed by atoms with Crippen molar-refractivity contribution in [3.8, 4) is 5.75 Å². The van der Waals surface area contributed by atoms with Crippen LogP contribution < -0.4 is 15.4 Å². The lowest BCUT2D eigenvalue weighted by Crippen LogP contribution is -2.37. The summed E-state index contributed by atoms with van der Waals surface area (Å²) in [4.78, 5) is 29.9. The number of carbonyl (C=O) groups is 2. The van der Waals surface area contributed by atoms with Crippen molar-refractivity contribution >= 4 is 33.8 Å². The fourth-order valence-corrected chi connectivity index (χ4v) is 6.48. The summed E-state index contributed by atoms with van der Waals surface area (Å²) >= 11 is 1.59. The predicted octanol–water partition coefficient (Wildman–Crippen LogP) is 5.97. The normalized spacial score (nSPS) is 18.6. The van der Waals surface area contributed by atoms with Crippen molar-refractivity contribution in [2.45, 2.75) is 66.2 Å². The minimum absolute atomic E-state index is 0.0343. The zero-order valence-electron chi connectivity index (χ0n) is 21.5. The van der Waals surface area contributed by atoms with Crippen LogP contribution in [-0.2, 0) is 17.6 Å². The van der Waals surface area contributed by atoms with Gasteiger partial charge in [0.2, 0.25) is 5.91 Å².